The summed E-state index contributed by atoms with van der Waals surface area (Å²) in [6.45, 7) is 4.72. The van der Waals surface area contributed by atoms with E-state index >= 15 is 0 Å². The second-order valence-corrected chi connectivity index (χ2v) is 8.88. The van der Waals surface area contributed by atoms with Gasteiger partial charge in [-0.2, -0.15) is 0 Å². The SMILES string of the molecule is CN1CCN(C(=O)C2CCCC(NCc3cccc(Cl)c3)CN(C)C(=O)C2)CC1. The van der Waals surface area contributed by atoms with Crippen molar-refractivity contribution < 1.29 is 9.59 Å². The lowest BCUT2D eigenvalue weighted by Crippen LogP contribution is -2.49. The Morgan fingerprint density at radius 1 is 1.17 bits per heavy atom. The van der Waals surface area contributed by atoms with E-state index in [0.717, 1.165) is 62.6 Å². The fraction of sp³-hybridized carbons (Fsp3) is 0.636. The molecule has 0 radical (unpaired) electrons. The van der Waals surface area contributed by atoms with Gasteiger partial charge in [-0.3, -0.25) is 9.59 Å². The Morgan fingerprint density at radius 3 is 2.66 bits per heavy atom. The van der Waals surface area contributed by atoms with Gasteiger partial charge in [0.25, 0.3) is 0 Å². The van der Waals surface area contributed by atoms with Crippen molar-refractivity contribution in [2.75, 3.05) is 46.8 Å². The molecule has 0 saturated carbocycles. The number of carbonyl (C=O) groups is 2. The van der Waals surface area contributed by atoms with Crippen molar-refractivity contribution in [3.05, 3.63) is 34.9 Å². The van der Waals surface area contributed by atoms with Crippen LogP contribution in [0, 0.1) is 5.92 Å². The molecular formula is C22H33ClN4O2. The maximum Gasteiger partial charge on any atom is 0.226 e. The zero-order chi connectivity index (χ0) is 20.8. The van der Waals surface area contributed by atoms with Crippen molar-refractivity contribution in [2.45, 2.75) is 38.3 Å². The summed E-state index contributed by atoms with van der Waals surface area (Å²) in [4.78, 5) is 31.7. The van der Waals surface area contributed by atoms with Gasteiger partial charge in [0, 0.05) is 69.7 Å². The molecule has 1 aromatic carbocycles. The summed E-state index contributed by atoms with van der Waals surface area (Å²) in [5.41, 5.74) is 1.13. The third-order valence-corrected chi connectivity index (χ3v) is 6.33. The van der Waals surface area contributed by atoms with Gasteiger partial charge in [-0.05, 0) is 37.6 Å². The molecule has 2 aliphatic rings. The van der Waals surface area contributed by atoms with Crippen LogP contribution in [-0.4, -0.2) is 79.4 Å². The highest BCUT2D eigenvalue weighted by Crippen LogP contribution is 2.22. The summed E-state index contributed by atoms with van der Waals surface area (Å²) in [6, 6.07) is 8.04. The minimum Gasteiger partial charge on any atom is -0.344 e. The van der Waals surface area contributed by atoms with Gasteiger partial charge in [-0.25, -0.2) is 0 Å². The van der Waals surface area contributed by atoms with E-state index in [4.69, 9.17) is 11.6 Å². The van der Waals surface area contributed by atoms with E-state index in [-0.39, 0.29) is 23.8 Å². The Morgan fingerprint density at radius 2 is 1.93 bits per heavy atom. The van der Waals surface area contributed by atoms with Gasteiger partial charge in [-0.15, -0.1) is 0 Å². The van der Waals surface area contributed by atoms with Crippen LogP contribution in [0.1, 0.15) is 31.2 Å². The standard InChI is InChI=1S/C22H33ClN4O2/c1-25-9-11-27(12-10-25)22(29)18-6-4-8-20(16-26(2)21(28)14-18)24-15-17-5-3-7-19(23)13-17/h3,5,7,13,18,20,24H,4,6,8-12,14-16H2,1-2H3. The minimum absolute atomic E-state index is 0.0638. The maximum absolute atomic E-state index is 13.0. The molecule has 2 atom stereocenters. The summed E-state index contributed by atoms with van der Waals surface area (Å²) in [5.74, 6) is 0.0270. The number of carbonyl (C=O) groups excluding carboxylic acids is 2. The Kier molecular flexibility index (Phi) is 7.92. The Bertz CT molecular complexity index is 706. The molecule has 2 heterocycles. The van der Waals surface area contributed by atoms with Crippen LogP contribution in [0.5, 0.6) is 0 Å². The maximum atomic E-state index is 13.0. The first-order chi connectivity index (χ1) is 13.9. The Balaban J connectivity index is 1.57. The van der Waals surface area contributed by atoms with Gasteiger partial charge in [0.05, 0.1) is 0 Å². The molecule has 0 aromatic heterocycles. The molecule has 1 aromatic rings. The zero-order valence-electron chi connectivity index (χ0n) is 17.6. The first kappa shape index (κ1) is 22.1. The zero-order valence-corrected chi connectivity index (χ0v) is 18.3. The Labute approximate surface area is 179 Å². The van der Waals surface area contributed by atoms with E-state index in [1.807, 2.05) is 36.2 Å². The molecule has 0 spiro atoms. The van der Waals surface area contributed by atoms with Crippen molar-refractivity contribution in [3.8, 4) is 0 Å². The number of nitrogens with one attached hydrogen (secondary N) is 1. The summed E-state index contributed by atoms with van der Waals surface area (Å²) in [5, 5.41) is 4.30. The molecule has 2 fully saturated rings. The quantitative estimate of drug-likeness (QED) is 0.811. The third-order valence-electron chi connectivity index (χ3n) is 6.09. The van der Waals surface area contributed by atoms with E-state index in [0.29, 0.717) is 13.0 Å². The van der Waals surface area contributed by atoms with Crippen molar-refractivity contribution in [3.63, 3.8) is 0 Å². The van der Waals surface area contributed by atoms with E-state index in [2.05, 4.69) is 17.3 Å². The molecular weight excluding hydrogens is 388 g/mol. The lowest BCUT2D eigenvalue weighted by molar-refractivity contribution is -0.142. The normalized spacial score (nSPS) is 24.7. The molecule has 7 heteroatoms. The minimum atomic E-state index is -0.194. The van der Waals surface area contributed by atoms with Crippen LogP contribution in [0.3, 0.4) is 0 Å². The van der Waals surface area contributed by atoms with Crippen LogP contribution in [0.4, 0.5) is 0 Å². The average Bonchev–Trinajstić information content (AvgIpc) is 2.77. The molecule has 2 unspecified atom stereocenters. The average molecular weight is 421 g/mol. The smallest absolute Gasteiger partial charge is 0.226 e. The van der Waals surface area contributed by atoms with Gasteiger partial charge in [-0.1, -0.05) is 30.2 Å². The topological polar surface area (TPSA) is 55.9 Å². The van der Waals surface area contributed by atoms with Gasteiger partial charge in [0.1, 0.15) is 0 Å². The molecule has 2 aliphatic heterocycles. The van der Waals surface area contributed by atoms with Crippen LogP contribution in [0.2, 0.25) is 5.02 Å². The predicted molar refractivity (Wildman–Crippen MR) is 116 cm³/mol. The second kappa shape index (κ2) is 10.4. The highest BCUT2D eigenvalue weighted by atomic mass is 35.5. The van der Waals surface area contributed by atoms with Crippen molar-refractivity contribution >= 4 is 23.4 Å². The van der Waals surface area contributed by atoms with Crippen LogP contribution < -0.4 is 5.32 Å². The van der Waals surface area contributed by atoms with Gasteiger partial charge >= 0.3 is 0 Å². The lowest BCUT2D eigenvalue weighted by Gasteiger charge is -2.34. The number of benzene rings is 1. The molecule has 2 saturated heterocycles. The number of hydrogen-bond acceptors (Lipinski definition) is 4. The molecule has 6 nitrogen and oxygen atoms in total. The van der Waals surface area contributed by atoms with E-state index in [9.17, 15) is 9.59 Å². The molecule has 0 bridgehead atoms. The number of hydrogen-bond donors (Lipinski definition) is 1. The summed E-state index contributed by atoms with van der Waals surface area (Å²) >= 11 is 6.08. The lowest BCUT2D eigenvalue weighted by atomic mass is 9.95. The highest BCUT2D eigenvalue weighted by molar-refractivity contribution is 6.30. The molecule has 29 heavy (non-hydrogen) atoms. The first-order valence-corrected chi connectivity index (χ1v) is 11.0. The van der Waals surface area contributed by atoms with Crippen LogP contribution in [0.15, 0.2) is 24.3 Å². The number of amides is 2. The van der Waals surface area contributed by atoms with Gasteiger partial charge in [0.2, 0.25) is 11.8 Å². The molecule has 0 aliphatic carbocycles. The fourth-order valence-corrected chi connectivity index (χ4v) is 4.39. The largest absolute Gasteiger partial charge is 0.344 e. The van der Waals surface area contributed by atoms with Crippen LogP contribution in [0.25, 0.3) is 0 Å². The molecule has 3 rings (SSSR count). The van der Waals surface area contributed by atoms with Crippen molar-refractivity contribution in [2.24, 2.45) is 5.92 Å². The second-order valence-electron chi connectivity index (χ2n) is 8.44. The Hall–Kier alpha value is -1.63. The summed E-state index contributed by atoms with van der Waals surface area (Å²) in [6.07, 6.45) is 2.99. The highest BCUT2D eigenvalue weighted by Gasteiger charge is 2.31. The number of rotatable bonds is 4. The van der Waals surface area contributed by atoms with Gasteiger partial charge < -0.3 is 20.0 Å². The monoisotopic (exact) mass is 420 g/mol. The summed E-state index contributed by atoms with van der Waals surface area (Å²) in [7, 11) is 3.93. The van der Waals surface area contributed by atoms with Crippen LogP contribution in [-0.2, 0) is 16.1 Å². The number of likely N-dealkylation sites (N-methyl/N-ethyl adjacent to an activating group) is 2. The van der Waals surface area contributed by atoms with E-state index in [1.54, 1.807) is 4.90 Å². The number of halogens is 1. The third kappa shape index (κ3) is 6.43. The summed E-state index contributed by atoms with van der Waals surface area (Å²) < 4.78 is 0. The van der Waals surface area contributed by atoms with E-state index < -0.39 is 0 Å². The molecule has 160 valence electrons. The predicted octanol–water partition coefficient (Wildman–Crippen LogP) is 2.22. The number of nitrogens with zero attached hydrogens (tertiary/aromatic N) is 3. The van der Waals surface area contributed by atoms with Crippen molar-refractivity contribution in [1.82, 2.24) is 20.0 Å². The molecule has 2 amide bonds. The molecule has 1 N–H and O–H groups in total. The number of piperazine rings is 1. The van der Waals surface area contributed by atoms with Gasteiger partial charge in [0.15, 0.2) is 0 Å². The van der Waals surface area contributed by atoms with E-state index in [1.165, 1.54) is 0 Å². The first-order valence-electron chi connectivity index (χ1n) is 10.6. The van der Waals surface area contributed by atoms with Crippen LogP contribution >= 0.6 is 11.6 Å². The van der Waals surface area contributed by atoms with Crippen molar-refractivity contribution in [1.29, 1.82) is 0 Å². The fourth-order valence-electron chi connectivity index (χ4n) is 4.17.